The largest absolute Gasteiger partial charge is 0.493 e. The maximum atomic E-state index is 11.6. The molecule has 0 bridgehead atoms. The lowest BCUT2D eigenvalue weighted by molar-refractivity contribution is -0.914. The SMILES string of the molecule is COc1ccc2c3c1O[C@H]1C[C@@H](O)C=C[C@@]31CC[N+](C)(CC(N)=O)C2. The predicted octanol–water partition coefficient (Wildman–Crippen LogP) is 0.850. The maximum Gasteiger partial charge on any atom is 0.272 e. The second-order valence-corrected chi connectivity index (χ2v) is 7.82. The minimum atomic E-state index is -0.492. The van der Waals surface area contributed by atoms with E-state index in [4.69, 9.17) is 15.2 Å². The summed E-state index contributed by atoms with van der Waals surface area (Å²) in [5.41, 5.74) is 7.56. The van der Waals surface area contributed by atoms with Crippen molar-refractivity contribution in [3.8, 4) is 11.5 Å². The third kappa shape index (κ3) is 2.43. The van der Waals surface area contributed by atoms with Crippen LogP contribution >= 0.6 is 0 Å². The molecule has 25 heavy (non-hydrogen) atoms. The summed E-state index contributed by atoms with van der Waals surface area (Å²) in [6.45, 7) is 1.86. The monoisotopic (exact) mass is 345 g/mol. The molecule has 0 aromatic heterocycles. The molecular weight excluding hydrogens is 320 g/mol. The molecule has 134 valence electrons. The quantitative estimate of drug-likeness (QED) is 0.629. The highest BCUT2D eigenvalue weighted by molar-refractivity contribution is 5.75. The van der Waals surface area contributed by atoms with Crippen molar-refractivity contribution < 1.29 is 23.9 Å². The van der Waals surface area contributed by atoms with Crippen LogP contribution in [0.3, 0.4) is 0 Å². The van der Waals surface area contributed by atoms with E-state index >= 15 is 0 Å². The molecule has 1 amide bonds. The highest BCUT2D eigenvalue weighted by Crippen LogP contribution is 2.56. The van der Waals surface area contributed by atoms with E-state index in [1.807, 2.05) is 12.1 Å². The molecule has 4 atom stereocenters. The molecule has 1 aromatic carbocycles. The fraction of sp³-hybridized carbons (Fsp3) is 0.526. The zero-order valence-electron chi connectivity index (χ0n) is 14.7. The molecule has 0 saturated carbocycles. The van der Waals surface area contributed by atoms with Crippen LogP contribution in [0.2, 0.25) is 0 Å². The van der Waals surface area contributed by atoms with Gasteiger partial charge in [0.2, 0.25) is 0 Å². The summed E-state index contributed by atoms with van der Waals surface area (Å²) in [6, 6.07) is 4.01. The second kappa shape index (κ2) is 5.47. The average molecular weight is 345 g/mol. The van der Waals surface area contributed by atoms with Crippen molar-refractivity contribution in [1.29, 1.82) is 0 Å². The van der Waals surface area contributed by atoms with Gasteiger partial charge in [0.05, 0.1) is 32.2 Å². The van der Waals surface area contributed by atoms with Crippen LogP contribution in [-0.2, 0) is 16.8 Å². The van der Waals surface area contributed by atoms with Gasteiger partial charge in [0.1, 0.15) is 12.6 Å². The molecule has 3 N–H and O–H groups in total. The van der Waals surface area contributed by atoms with Gasteiger partial charge in [-0.15, -0.1) is 0 Å². The van der Waals surface area contributed by atoms with Gasteiger partial charge in [0.15, 0.2) is 18.0 Å². The lowest BCUT2D eigenvalue weighted by atomic mass is 9.69. The maximum absolute atomic E-state index is 11.6. The predicted molar refractivity (Wildman–Crippen MR) is 92.3 cm³/mol. The number of methoxy groups -OCH3 is 1. The molecule has 1 aliphatic carbocycles. The van der Waals surface area contributed by atoms with Crippen molar-refractivity contribution >= 4 is 5.91 Å². The number of quaternary nitrogens is 1. The van der Waals surface area contributed by atoms with Crippen LogP contribution in [0.1, 0.15) is 24.0 Å². The van der Waals surface area contributed by atoms with Crippen LogP contribution in [0.15, 0.2) is 24.3 Å². The summed E-state index contributed by atoms with van der Waals surface area (Å²) in [6.07, 6.45) is 4.79. The first-order chi connectivity index (χ1) is 11.9. The number of ether oxygens (including phenoxy) is 2. The fourth-order valence-corrected chi connectivity index (χ4v) is 4.79. The molecule has 4 rings (SSSR count). The minimum absolute atomic E-state index is 0.113. The average Bonchev–Trinajstić information content (AvgIpc) is 2.81. The van der Waals surface area contributed by atoms with Gasteiger partial charge in [-0.25, -0.2) is 0 Å². The zero-order valence-corrected chi connectivity index (χ0v) is 14.7. The van der Waals surface area contributed by atoms with Crippen LogP contribution in [-0.4, -0.2) is 55.0 Å². The zero-order chi connectivity index (χ0) is 17.8. The number of carbonyl (C=O) groups excluding carboxylic acids is 1. The first-order valence-corrected chi connectivity index (χ1v) is 8.73. The number of nitrogens with two attached hydrogens (primary N) is 1. The molecule has 1 aromatic rings. The van der Waals surface area contributed by atoms with E-state index in [0.717, 1.165) is 36.6 Å². The first kappa shape index (κ1) is 16.4. The lowest BCUT2D eigenvalue weighted by Gasteiger charge is -2.37. The number of benzene rings is 1. The summed E-state index contributed by atoms with van der Waals surface area (Å²) in [4.78, 5) is 11.6. The summed E-state index contributed by atoms with van der Waals surface area (Å²) >= 11 is 0. The normalized spacial score (nSPS) is 35.3. The van der Waals surface area contributed by atoms with Crippen molar-refractivity contribution in [3.63, 3.8) is 0 Å². The van der Waals surface area contributed by atoms with Crippen molar-refractivity contribution in [2.45, 2.75) is 37.0 Å². The molecule has 0 fully saturated rings. The Bertz CT molecular complexity index is 762. The minimum Gasteiger partial charge on any atom is -0.493 e. The third-order valence-corrected chi connectivity index (χ3v) is 5.95. The van der Waals surface area contributed by atoms with Gasteiger partial charge in [-0.05, 0) is 12.1 Å². The second-order valence-electron chi connectivity index (χ2n) is 7.82. The third-order valence-electron chi connectivity index (χ3n) is 5.95. The Morgan fingerprint density at radius 3 is 3.04 bits per heavy atom. The molecule has 6 heteroatoms. The van der Waals surface area contributed by atoms with Crippen molar-refractivity contribution in [2.24, 2.45) is 5.73 Å². The summed E-state index contributed by atoms with van der Waals surface area (Å²) < 4.78 is 12.4. The molecule has 2 heterocycles. The summed E-state index contributed by atoms with van der Waals surface area (Å²) in [5.74, 6) is 1.23. The Kier molecular flexibility index (Phi) is 3.60. The van der Waals surface area contributed by atoms with E-state index in [-0.39, 0.29) is 17.4 Å². The Morgan fingerprint density at radius 1 is 1.52 bits per heavy atom. The number of carbonyl (C=O) groups is 1. The number of nitrogens with zero attached hydrogens (tertiary/aromatic N) is 1. The van der Waals surface area contributed by atoms with Crippen molar-refractivity contribution in [1.82, 2.24) is 0 Å². The molecule has 0 saturated heterocycles. The number of rotatable bonds is 3. The highest BCUT2D eigenvalue weighted by Gasteiger charge is 2.54. The van der Waals surface area contributed by atoms with Crippen LogP contribution in [0.4, 0.5) is 0 Å². The van der Waals surface area contributed by atoms with Gasteiger partial charge in [-0.1, -0.05) is 12.2 Å². The standard InChI is InChI=1S/C19H24N2O4/c1-21(11-16(20)23)8-7-19-6-5-13(22)9-15(19)25-18-14(24-2)4-3-12(10-21)17(18)19/h3-6,13,15,22H,7-11H2,1-2H3,(H-,20,23)/p+1/t13-,15-,19-,21?/m0/s1. The molecular formula is C19H25N2O4+. The number of hydrogen-bond acceptors (Lipinski definition) is 4. The molecule has 1 unspecified atom stereocenters. The molecule has 3 aliphatic rings. The summed E-state index contributed by atoms with van der Waals surface area (Å²) in [7, 11) is 3.72. The van der Waals surface area contributed by atoms with Crippen molar-refractivity contribution in [2.75, 3.05) is 27.2 Å². The number of likely N-dealkylation sites (N-methyl/N-ethyl adjacent to an activating group) is 1. The van der Waals surface area contributed by atoms with E-state index in [1.165, 1.54) is 5.56 Å². The van der Waals surface area contributed by atoms with Gasteiger partial charge < -0.3 is 24.8 Å². The van der Waals surface area contributed by atoms with Crippen LogP contribution < -0.4 is 15.2 Å². The van der Waals surface area contributed by atoms with E-state index in [0.29, 0.717) is 17.4 Å². The van der Waals surface area contributed by atoms with Gasteiger partial charge in [-0.2, -0.15) is 0 Å². The van der Waals surface area contributed by atoms with Crippen LogP contribution in [0.5, 0.6) is 11.5 Å². The smallest absolute Gasteiger partial charge is 0.272 e. The van der Waals surface area contributed by atoms with Crippen LogP contribution in [0.25, 0.3) is 0 Å². The first-order valence-electron chi connectivity index (χ1n) is 8.73. The topological polar surface area (TPSA) is 81.8 Å². The van der Waals surface area contributed by atoms with Gasteiger partial charge in [0.25, 0.3) is 5.91 Å². The Morgan fingerprint density at radius 2 is 2.32 bits per heavy atom. The lowest BCUT2D eigenvalue weighted by Crippen LogP contribution is -2.50. The fourth-order valence-electron chi connectivity index (χ4n) is 4.79. The van der Waals surface area contributed by atoms with E-state index in [1.54, 1.807) is 7.11 Å². The molecule has 2 aliphatic heterocycles. The molecule has 1 spiro atoms. The Balaban J connectivity index is 1.88. The van der Waals surface area contributed by atoms with E-state index in [9.17, 15) is 9.90 Å². The Hall–Kier alpha value is -2.05. The van der Waals surface area contributed by atoms with Gasteiger partial charge in [-0.3, -0.25) is 4.79 Å². The number of primary amides is 1. The van der Waals surface area contributed by atoms with E-state index in [2.05, 4.69) is 19.2 Å². The number of hydrogen-bond donors (Lipinski definition) is 2. The van der Waals surface area contributed by atoms with E-state index < -0.39 is 6.10 Å². The van der Waals surface area contributed by atoms with Gasteiger partial charge in [0, 0.05) is 24.0 Å². The highest BCUT2D eigenvalue weighted by atomic mass is 16.5. The number of amides is 1. The molecule has 0 radical (unpaired) electrons. The Labute approximate surface area is 147 Å². The number of aliphatic hydroxyl groups excluding tert-OH is 1. The van der Waals surface area contributed by atoms with Gasteiger partial charge >= 0.3 is 0 Å². The van der Waals surface area contributed by atoms with Crippen LogP contribution in [0, 0.1) is 0 Å². The number of aliphatic hydroxyl groups is 1. The van der Waals surface area contributed by atoms with Crippen molar-refractivity contribution in [3.05, 3.63) is 35.4 Å². The summed E-state index contributed by atoms with van der Waals surface area (Å²) in [5, 5.41) is 10.1. The molecule has 6 nitrogen and oxygen atoms in total.